The highest BCUT2D eigenvalue weighted by atomic mass is 16.2. The summed E-state index contributed by atoms with van der Waals surface area (Å²) < 4.78 is 0. The van der Waals surface area contributed by atoms with Crippen LogP contribution in [0.1, 0.15) is 18.2 Å². The number of hydrogen-bond donors (Lipinski definition) is 3. The molecule has 7 heteroatoms. The summed E-state index contributed by atoms with van der Waals surface area (Å²) >= 11 is 0. The molecule has 3 rings (SSSR count). The van der Waals surface area contributed by atoms with Gasteiger partial charge in [-0.05, 0) is 47.2 Å². The van der Waals surface area contributed by atoms with Crippen molar-refractivity contribution in [3.05, 3.63) is 54.0 Å². The summed E-state index contributed by atoms with van der Waals surface area (Å²) in [6.45, 7) is 2.74. The molecule has 3 aromatic rings. The standard InChI is InChI=1S/C19H18N6O/c1-2-22-19(26)25-18-8-16-15(12-5-6-23-14(7-12)10-21)4-3-13(9-20)17(16)11-24-18/h3-8,11H,2,9,20H2,1H3,(H2,22,24,25,26). The number of rotatable bonds is 4. The van der Waals surface area contributed by atoms with Crippen molar-refractivity contribution >= 4 is 22.6 Å². The highest BCUT2D eigenvalue weighted by Gasteiger charge is 2.11. The van der Waals surface area contributed by atoms with Gasteiger partial charge in [0, 0.05) is 30.9 Å². The zero-order valence-corrected chi connectivity index (χ0v) is 14.3. The molecular formula is C19H18N6O. The van der Waals surface area contributed by atoms with Crippen LogP contribution in [0.2, 0.25) is 0 Å². The third-order valence-corrected chi connectivity index (χ3v) is 3.98. The number of fused-ring (bicyclic) bond motifs is 1. The monoisotopic (exact) mass is 346 g/mol. The van der Waals surface area contributed by atoms with Crippen LogP contribution in [0.5, 0.6) is 0 Å². The molecule has 130 valence electrons. The third-order valence-electron chi connectivity index (χ3n) is 3.98. The number of aromatic nitrogens is 2. The van der Waals surface area contributed by atoms with Crippen LogP contribution in [0, 0.1) is 11.3 Å². The number of carbonyl (C=O) groups is 1. The van der Waals surface area contributed by atoms with Crippen LogP contribution in [0.15, 0.2) is 42.7 Å². The minimum atomic E-state index is -0.313. The molecule has 0 atom stereocenters. The smallest absolute Gasteiger partial charge is 0.320 e. The molecule has 0 saturated carbocycles. The van der Waals surface area contributed by atoms with Gasteiger partial charge in [-0.3, -0.25) is 5.32 Å². The van der Waals surface area contributed by atoms with Crippen molar-refractivity contribution in [2.75, 3.05) is 11.9 Å². The highest BCUT2D eigenvalue weighted by Crippen LogP contribution is 2.32. The Bertz CT molecular complexity index is 1010. The Balaban J connectivity index is 2.15. The molecule has 0 fully saturated rings. The zero-order chi connectivity index (χ0) is 18.5. The zero-order valence-electron chi connectivity index (χ0n) is 14.3. The number of nitrogens with one attached hydrogen (secondary N) is 2. The molecule has 0 aliphatic carbocycles. The Kier molecular flexibility index (Phi) is 5.06. The number of pyridine rings is 2. The fourth-order valence-corrected chi connectivity index (χ4v) is 2.78. The van der Waals surface area contributed by atoms with Gasteiger partial charge in [-0.2, -0.15) is 5.26 Å². The van der Waals surface area contributed by atoms with E-state index in [0.717, 1.165) is 27.5 Å². The number of anilines is 1. The molecular weight excluding hydrogens is 328 g/mol. The molecule has 0 aliphatic rings. The van der Waals surface area contributed by atoms with E-state index in [0.29, 0.717) is 24.6 Å². The van der Waals surface area contributed by atoms with E-state index in [1.165, 1.54) is 0 Å². The van der Waals surface area contributed by atoms with Crippen molar-refractivity contribution in [3.63, 3.8) is 0 Å². The number of nitrogens with two attached hydrogens (primary N) is 1. The lowest BCUT2D eigenvalue weighted by atomic mass is 9.96. The van der Waals surface area contributed by atoms with E-state index in [1.54, 1.807) is 18.5 Å². The molecule has 2 heterocycles. The van der Waals surface area contributed by atoms with Crippen molar-refractivity contribution in [1.29, 1.82) is 5.26 Å². The second kappa shape index (κ2) is 7.59. The number of urea groups is 1. The maximum Gasteiger partial charge on any atom is 0.320 e. The Morgan fingerprint density at radius 2 is 2.08 bits per heavy atom. The second-order valence-electron chi connectivity index (χ2n) is 5.62. The average Bonchev–Trinajstić information content (AvgIpc) is 2.67. The Morgan fingerprint density at radius 1 is 1.23 bits per heavy atom. The van der Waals surface area contributed by atoms with Gasteiger partial charge in [-0.1, -0.05) is 12.1 Å². The second-order valence-corrected chi connectivity index (χ2v) is 5.62. The van der Waals surface area contributed by atoms with Gasteiger partial charge >= 0.3 is 6.03 Å². The van der Waals surface area contributed by atoms with Crippen molar-refractivity contribution in [3.8, 4) is 17.2 Å². The molecule has 2 aromatic heterocycles. The normalized spacial score (nSPS) is 10.3. The summed E-state index contributed by atoms with van der Waals surface area (Å²) in [6.07, 6.45) is 3.31. The molecule has 2 amide bonds. The van der Waals surface area contributed by atoms with Crippen molar-refractivity contribution in [1.82, 2.24) is 15.3 Å². The molecule has 0 saturated heterocycles. The molecule has 0 spiro atoms. The van der Waals surface area contributed by atoms with Crippen molar-refractivity contribution < 1.29 is 4.79 Å². The number of amides is 2. The first-order valence-electron chi connectivity index (χ1n) is 8.19. The fraction of sp³-hybridized carbons (Fsp3) is 0.158. The van der Waals surface area contributed by atoms with Gasteiger partial charge in [0.05, 0.1) is 0 Å². The van der Waals surface area contributed by atoms with Crippen LogP contribution in [0.25, 0.3) is 21.9 Å². The van der Waals surface area contributed by atoms with E-state index >= 15 is 0 Å². The van der Waals surface area contributed by atoms with Crippen molar-refractivity contribution in [2.45, 2.75) is 13.5 Å². The summed E-state index contributed by atoms with van der Waals surface area (Å²) in [5, 5.41) is 16.3. The molecule has 0 aliphatic heterocycles. The molecule has 0 radical (unpaired) electrons. The fourth-order valence-electron chi connectivity index (χ4n) is 2.78. The number of nitriles is 1. The van der Waals surface area contributed by atoms with Gasteiger partial charge < -0.3 is 11.1 Å². The number of hydrogen-bond acceptors (Lipinski definition) is 5. The first-order valence-corrected chi connectivity index (χ1v) is 8.19. The van der Waals surface area contributed by atoms with Crippen LogP contribution in [0.4, 0.5) is 10.6 Å². The predicted octanol–water partition coefficient (Wildman–Crippen LogP) is 2.77. The first kappa shape index (κ1) is 17.3. The SMILES string of the molecule is CCNC(=O)Nc1cc2c(-c3ccnc(C#N)c3)ccc(CN)c2cn1. The molecule has 0 unspecified atom stereocenters. The Labute approximate surface area is 150 Å². The van der Waals surface area contributed by atoms with E-state index in [4.69, 9.17) is 11.0 Å². The molecule has 1 aromatic carbocycles. The van der Waals surface area contributed by atoms with Crippen LogP contribution in [-0.2, 0) is 6.54 Å². The van der Waals surface area contributed by atoms with Crippen LogP contribution in [0.3, 0.4) is 0 Å². The van der Waals surface area contributed by atoms with Crippen molar-refractivity contribution in [2.24, 2.45) is 5.73 Å². The number of benzene rings is 1. The Morgan fingerprint density at radius 3 is 2.81 bits per heavy atom. The summed E-state index contributed by atoms with van der Waals surface area (Å²) in [7, 11) is 0. The largest absolute Gasteiger partial charge is 0.338 e. The predicted molar refractivity (Wildman–Crippen MR) is 100 cm³/mol. The maximum atomic E-state index is 11.8. The van der Waals surface area contributed by atoms with E-state index < -0.39 is 0 Å². The summed E-state index contributed by atoms with van der Waals surface area (Å²) in [4.78, 5) is 20.1. The molecule has 4 N–H and O–H groups in total. The summed E-state index contributed by atoms with van der Waals surface area (Å²) in [6, 6.07) is 11.0. The van der Waals surface area contributed by atoms with Gasteiger partial charge in [0.25, 0.3) is 0 Å². The lowest BCUT2D eigenvalue weighted by Gasteiger charge is -2.12. The summed E-state index contributed by atoms with van der Waals surface area (Å²) in [5.41, 5.74) is 8.92. The molecule has 0 bridgehead atoms. The van der Waals surface area contributed by atoms with Gasteiger partial charge in [0.1, 0.15) is 17.6 Å². The van der Waals surface area contributed by atoms with Crippen LogP contribution >= 0.6 is 0 Å². The van der Waals surface area contributed by atoms with Crippen LogP contribution in [-0.4, -0.2) is 22.5 Å². The van der Waals surface area contributed by atoms with Gasteiger partial charge in [0.2, 0.25) is 0 Å². The molecule has 26 heavy (non-hydrogen) atoms. The quantitative estimate of drug-likeness (QED) is 0.671. The first-order chi connectivity index (χ1) is 12.7. The van der Waals surface area contributed by atoms with Gasteiger partial charge in [0.15, 0.2) is 0 Å². The minimum Gasteiger partial charge on any atom is -0.338 e. The van der Waals surface area contributed by atoms with E-state index in [1.807, 2.05) is 31.2 Å². The van der Waals surface area contributed by atoms with E-state index in [9.17, 15) is 4.79 Å². The number of nitrogens with zero attached hydrogens (tertiary/aromatic N) is 3. The lowest BCUT2D eigenvalue weighted by Crippen LogP contribution is -2.28. The molecule has 7 nitrogen and oxygen atoms in total. The Hall–Kier alpha value is -3.50. The van der Waals surface area contributed by atoms with E-state index in [-0.39, 0.29) is 6.03 Å². The minimum absolute atomic E-state index is 0.313. The van der Waals surface area contributed by atoms with Gasteiger partial charge in [-0.15, -0.1) is 0 Å². The highest BCUT2D eigenvalue weighted by molar-refractivity contribution is 6.00. The van der Waals surface area contributed by atoms with Gasteiger partial charge in [-0.25, -0.2) is 14.8 Å². The summed E-state index contributed by atoms with van der Waals surface area (Å²) in [5.74, 6) is 0.438. The van der Waals surface area contributed by atoms with E-state index in [2.05, 4.69) is 26.7 Å². The van der Waals surface area contributed by atoms with Crippen LogP contribution < -0.4 is 16.4 Å². The number of carbonyl (C=O) groups excluding carboxylic acids is 1. The average molecular weight is 346 g/mol. The maximum absolute atomic E-state index is 11.8. The third kappa shape index (κ3) is 3.45. The topological polar surface area (TPSA) is 117 Å². The lowest BCUT2D eigenvalue weighted by molar-refractivity contribution is 0.252.